The van der Waals surface area contributed by atoms with Crippen molar-refractivity contribution in [3.63, 3.8) is 0 Å². The van der Waals surface area contributed by atoms with Crippen LogP contribution in [-0.4, -0.2) is 45.8 Å². The zero-order chi connectivity index (χ0) is 21.2. The van der Waals surface area contributed by atoms with Crippen molar-refractivity contribution in [1.29, 1.82) is 0 Å². The lowest BCUT2D eigenvalue weighted by Gasteiger charge is -2.35. The Bertz CT molecular complexity index is 1140. The van der Waals surface area contributed by atoms with Crippen molar-refractivity contribution in [2.45, 2.75) is 20.4 Å². The van der Waals surface area contributed by atoms with Crippen molar-refractivity contribution in [2.75, 3.05) is 31.1 Å². The van der Waals surface area contributed by atoms with Gasteiger partial charge < -0.3 is 4.90 Å². The smallest absolute Gasteiger partial charge is 0.123 e. The molecular weight excluding hydrogens is 402 g/mol. The number of benzene rings is 2. The number of nitrogens with zero attached hydrogens (tertiary/aromatic N) is 5. The summed E-state index contributed by atoms with van der Waals surface area (Å²) in [5.74, 6) is 0. The van der Waals surface area contributed by atoms with Crippen molar-refractivity contribution < 1.29 is 0 Å². The van der Waals surface area contributed by atoms with Crippen LogP contribution in [0.2, 0.25) is 0 Å². The highest BCUT2D eigenvalue weighted by Crippen LogP contribution is 2.28. The molecule has 4 aromatic rings. The van der Waals surface area contributed by atoms with Crippen molar-refractivity contribution >= 4 is 17.0 Å². The Morgan fingerprint density at radius 2 is 1.55 bits per heavy atom. The zero-order valence-corrected chi connectivity index (χ0v) is 18.8. The number of thiazole rings is 1. The van der Waals surface area contributed by atoms with E-state index in [4.69, 9.17) is 10.1 Å². The molecular formula is C25H27N5S. The Morgan fingerprint density at radius 1 is 0.871 bits per heavy atom. The van der Waals surface area contributed by atoms with Gasteiger partial charge in [0.1, 0.15) is 5.01 Å². The van der Waals surface area contributed by atoms with E-state index in [0.29, 0.717) is 0 Å². The average Bonchev–Trinajstić information content (AvgIpc) is 3.40. The Kier molecular flexibility index (Phi) is 5.57. The second-order valence-electron chi connectivity index (χ2n) is 8.04. The van der Waals surface area contributed by atoms with Gasteiger partial charge in [-0.1, -0.05) is 48.5 Å². The molecule has 0 radical (unpaired) electrons. The van der Waals surface area contributed by atoms with Crippen molar-refractivity contribution in [3.8, 4) is 16.3 Å². The quantitative estimate of drug-likeness (QED) is 0.451. The van der Waals surface area contributed by atoms with Gasteiger partial charge in [-0.2, -0.15) is 5.10 Å². The first-order valence-corrected chi connectivity index (χ1v) is 11.7. The fourth-order valence-corrected chi connectivity index (χ4v) is 5.18. The Labute approximate surface area is 187 Å². The van der Waals surface area contributed by atoms with Gasteiger partial charge in [-0.05, 0) is 26.0 Å². The lowest BCUT2D eigenvalue weighted by atomic mass is 10.2. The van der Waals surface area contributed by atoms with E-state index in [0.717, 1.165) is 49.1 Å². The first kappa shape index (κ1) is 20.0. The molecule has 5 rings (SSSR count). The average molecular weight is 430 g/mol. The molecule has 0 spiro atoms. The Morgan fingerprint density at radius 3 is 2.26 bits per heavy atom. The number of hydrogen-bond acceptors (Lipinski definition) is 5. The molecule has 0 N–H and O–H groups in total. The third kappa shape index (κ3) is 4.13. The van der Waals surface area contributed by atoms with E-state index in [-0.39, 0.29) is 0 Å². The molecule has 2 aromatic heterocycles. The van der Waals surface area contributed by atoms with Gasteiger partial charge in [0.15, 0.2) is 0 Å². The number of anilines is 1. The first-order valence-electron chi connectivity index (χ1n) is 10.8. The summed E-state index contributed by atoms with van der Waals surface area (Å²) < 4.78 is 2.07. The first-order chi connectivity index (χ1) is 15.2. The van der Waals surface area contributed by atoms with Crippen LogP contribution in [0.1, 0.15) is 17.1 Å². The molecule has 158 valence electrons. The zero-order valence-electron chi connectivity index (χ0n) is 18.0. The van der Waals surface area contributed by atoms with Crippen LogP contribution < -0.4 is 4.90 Å². The molecule has 1 aliphatic heterocycles. The number of aryl methyl sites for hydroxylation is 1. The van der Waals surface area contributed by atoms with Crippen LogP contribution in [0.25, 0.3) is 16.3 Å². The lowest BCUT2D eigenvalue weighted by molar-refractivity contribution is 0.247. The van der Waals surface area contributed by atoms with E-state index in [9.17, 15) is 0 Å². The molecule has 2 aromatic carbocycles. The van der Waals surface area contributed by atoms with Crippen LogP contribution in [0.3, 0.4) is 0 Å². The highest BCUT2D eigenvalue weighted by atomic mass is 32.1. The summed E-state index contributed by atoms with van der Waals surface area (Å²) in [6.45, 7) is 9.30. The van der Waals surface area contributed by atoms with Crippen LogP contribution in [0.4, 0.5) is 5.69 Å². The van der Waals surface area contributed by atoms with Gasteiger partial charge in [-0.3, -0.25) is 4.90 Å². The summed E-state index contributed by atoms with van der Waals surface area (Å²) in [6.07, 6.45) is 0. The molecule has 0 saturated carbocycles. The Hall–Kier alpha value is -2.96. The van der Waals surface area contributed by atoms with Gasteiger partial charge in [-0.15, -0.1) is 11.3 Å². The highest BCUT2D eigenvalue weighted by molar-refractivity contribution is 7.13. The van der Waals surface area contributed by atoms with E-state index in [2.05, 4.69) is 82.2 Å². The van der Waals surface area contributed by atoms with Crippen LogP contribution in [0.5, 0.6) is 0 Å². The normalized spacial score (nSPS) is 14.8. The summed E-state index contributed by atoms with van der Waals surface area (Å²) in [4.78, 5) is 9.86. The van der Waals surface area contributed by atoms with Crippen LogP contribution in [0, 0.1) is 13.8 Å². The minimum absolute atomic E-state index is 0.915. The second-order valence-corrected chi connectivity index (χ2v) is 8.90. The predicted octanol–water partition coefficient (Wildman–Crippen LogP) is 4.93. The number of aromatic nitrogens is 3. The maximum absolute atomic E-state index is 4.87. The van der Waals surface area contributed by atoms with Gasteiger partial charge in [0.25, 0.3) is 0 Å². The van der Waals surface area contributed by atoms with Gasteiger partial charge >= 0.3 is 0 Å². The molecule has 31 heavy (non-hydrogen) atoms. The number of piperazine rings is 1. The van der Waals surface area contributed by atoms with Gasteiger partial charge in [0.2, 0.25) is 0 Å². The summed E-state index contributed by atoms with van der Waals surface area (Å²) in [6, 6.07) is 20.8. The Balaban J connectivity index is 1.24. The van der Waals surface area contributed by atoms with Gasteiger partial charge in [0, 0.05) is 43.7 Å². The molecule has 0 bridgehead atoms. The summed E-state index contributed by atoms with van der Waals surface area (Å²) in [5, 5.41) is 8.13. The third-order valence-electron chi connectivity index (χ3n) is 5.90. The standard InChI is InChI=1S/C25H27N5S/c1-19-24(20(2)30(27-19)23-11-7-4-8-12-23)29-15-13-28(14-16-29)17-22-18-31-25(26-22)21-9-5-3-6-10-21/h3-12,18H,13-17H2,1-2H3. The summed E-state index contributed by atoms with van der Waals surface area (Å²) in [7, 11) is 0. The fourth-order valence-electron chi connectivity index (χ4n) is 4.36. The fraction of sp³-hybridized carbons (Fsp3) is 0.280. The lowest BCUT2D eigenvalue weighted by Crippen LogP contribution is -2.46. The van der Waals surface area contributed by atoms with Crippen molar-refractivity contribution in [2.24, 2.45) is 0 Å². The van der Waals surface area contributed by atoms with E-state index in [1.54, 1.807) is 11.3 Å². The topological polar surface area (TPSA) is 37.2 Å². The van der Waals surface area contributed by atoms with Gasteiger partial charge in [-0.25, -0.2) is 9.67 Å². The summed E-state index contributed by atoms with van der Waals surface area (Å²) >= 11 is 1.73. The maximum Gasteiger partial charge on any atom is 0.123 e. The molecule has 3 heterocycles. The van der Waals surface area contributed by atoms with Gasteiger partial charge in [0.05, 0.1) is 28.5 Å². The molecule has 6 heteroatoms. The monoisotopic (exact) mass is 429 g/mol. The van der Waals surface area contributed by atoms with Crippen LogP contribution in [0.15, 0.2) is 66.0 Å². The van der Waals surface area contributed by atoms with Crippen LogP contribution in [-0.2, 0) is 6.54 Å². The molecule has 0 unspecified atom stereocenters. The largest absolute Gasteiger partial charge is 0.366 e. The molecule has 1 aliphatic rings. The van der Waals surface area contributed by atoms with E-state index in [1.807, 2.05) is 12.1 Å². The number of para-hydroxylation sites is 1. The molecule has 1 saturated heterocycles. The second kappa shape index (κ2) is 8.65. The molecule has 5 nitrogen and oxygen atoms in total. The minimum atomic E-state index is 0.915. The van der Waals surface area contributed by atoms with E-state index in [1.165, 1.54) is 22.6 Å². The third-order valence-corrected chi connectivity index (χ3v) is 6.84. The van der Waals surface area contributed by atoms with Crippen LogP contribution >= 0.6 is 11.3 Å². The highest BCUT2D eigenvalue weighted by Gasteiger charge is 2.23. The SMILES string of the molecule is Cc1nn(-c2ccccc2)c(C)c1N1CCN(Cc2csc(-c3ccccc3)n2)CC1. The number of rotatable bonds is 5. The molecule has 0 amide bonds. The minimum Gasteiger partial charge on any atom is -0.366 e. The summed E-state index contributed by atoms with van der Waals surface area (Å²) in [5.41, 5.74) is 7.08. The predicted molar refractivity (Wildman–Crippen MR) is 128 cm³/mol. The van der Waals surface area contributed by atoms with E-state index < -0.39 is 0 Å². The van der Waals surface area contributed by atoms with E-state index >= 15 is 0 Å². The molecule has 0 atom stereocenters. The molecule has 1 fully saturated rings. The maximum atomic E-state index is 4.87. The molecule has 0 aliphatic carbocycles. The van der Waals surface area contributed by atoms with Crippen molar-refractivity contribution in [3.05, 3.63) is 83.1 Å². The number of hydrogen-bond donors (Lipinski definition) is 0. The van der Waals surface area contributed by atoms with Crippen molar-refractivity contribution in [1.82, 2.24) is 19.7 Å².